The standard InChI is InChI=1S/C18H25FN2O3/c1-17(2,3)24-16(22)21-10-8-18(12-21)15(20-9-11-23-18)13-6-4-5-7-14(13)19/h4-7,15,20H,8-12H2,1-3H3. The molecule has 0 saturated carbocycles. The van der Waals surface area contributed by atoms with Crippen molar-refractivity contribution in [3.8, 4) is 0 Å². The van der Waals surface area contributed by atoms with Crippen molar-refractivity contribution in [2.24, 2.45) is 0 Å². The van der Waals surface area contributed by atoms with Crippen molar-refractivity contribution in [2.75, 3.05) is 26.2 Å². The van der Waals surface area contributed by atoms with E-state index in [0.29, 0.717) is 38.2 Å². The number of nitrogens with zero attached hydrogens (tertiary/aromatic N) is 1. The van der Waals surface area contributed by atoms with E-state index in [4.69, 9.17) is 9.47 Å². The molecule has 2 saturated heterocycles. The van der Waals surface area contributed by atoms with Crippen LogP contribution in [0.2, 0.25) is 0 Å². The molecule has 24 heavy (non-hydrogen) atoms. The monoisotopic (exact) mass is 336 g/mol. The first-order valence-corrected chi connectivity index (χ1v) is 8.40. The van der Waals surface area contributed by atoms with Gasteiger partial charge in [0.25, 0.3) is 0 Å². The van der Waals surface area contributed by atoms with Gasteiger partial charge in [0.15, 0.2) is 0 Å². The van der Waals surface area contributed by atoms with Crippen molar-refractivity contribution in [2.45, 2.75) is 44.4 Å². The molecule has 0 bridgehead atoms. The van der Waals surface area contributed by atoms with Crippen LogP contribution in [0.3, 0.4) is 0 Å². The van der Waals surface area contributed by atoms with Gasteiger partial charge in [-0.15, -0.1) is 0 Å². The lowest BCUT2D eigenvalue weighted by Gasteiger charge is -2.42. The Kier molecular flexibility index (Phi) is 4.53. The van der Waals surface area contributed by atoms with Crippen LogP contribution < -0.4 is 5.32 Å². The van der Waals surface area contributed by atoms with Crippen LogP contribution in [0, 0.1) is 5.82 Å². The van der Waals surface area contributed by atoms with Gasteiger partial charge in [0.2, 0.25) is 0 Å². The number of likely N-dealkylation sites (tertiary alicyclic amines) is 1. The van der Waals surface area contributed by atoms with Crippen LogP contribution >= 0.6 is 0 Å². The summed E-state index contributed by atoms with van der Waals surface area (Å²) in [6.45, 7) is 7.68. The first-order chi connectivity index (χ1) is 11.3. The van der Waals surface area contributed by atoms with Crippen molar-refractivity contribution >= 4 is 6.09 Å². The number of morpholine rings is 1. The lowest BCUT2D eigenvalue weighted by Crippen LogP contribution is -2.54. The number of amides is 1. The average Bonchev–Trinajstić information content (AvgIpc) is 2.92. The highest BCUT2D eigenvalue weighted by Gasteiger charge is 2.50. The Balaban J connectivity index is 1.81. The SMILES string of the molecule is CC(C)(C)OC(=O)N1CCC2(C1)OCCNC2c1ccccc1F. The van der Waals surface area contributed by atoms with E-state index in [1.165, 1.54) is 6.07 Å². The molecule has 0 radical (unpaired) electrons. The van der Waals surface area contributed by atoms with E-state index in [-0.39, 0.29) is 18.0 Å². The zero-order chi connectivity index (χ0) is 17.4. The van der Waals surface area contributed by atoms with Gasteiger partial charge in [0.05, 0.1) is 19.2 Å². The minimum absolute atomic E-state index is 0.254. The van der Waals surface area contributed by atoms with E-state index in [2.05, 4.69) is 5.32 Å². The molecule has 1 spiro atoms. The maximum atomic E-state index is 14.3. The summed E-state index contributed by atoms with van der Waals surface area (Å²) >= 11 is 0. The van der Waals surface area contributed by atoms with Gasteiger partial charge in [-0.05, 0) is 33.3 Å². The number of rotatable bonds is 1. The van der Waals surface area contributed by atoms with E-state index in [0.717, 1.165) is 0 Å². The molecule has 3 rings (SSSR count). The van der Waals surface area contributed by atoms with Gasteiger partial charge in [-0.2, -0.15) is 0 Å². The predicted molar refractivity (Wildman–Crippen MR) is 88.3 cm³/mol. The average molecular weight is 336 g/mol. The van der Waals surface area contributed by atoms with Crippen LogP contribution in [0.5, 0.6) is 0 Å². The van der Waals surface area contributed by atoms with Crippen molar-refractivity contribution in [3.63, 3.8) is 0 Å². The van der Waals surface area contributed by atoms with E-state index in [1.54, 1.807) is 17.0 Å². The lowest BCUT2D eigenvalue weighted by molar-refractivity contribution is -0.0909. The second-order valence-electron chi connectivity index (χ2n) is 7.47. The Morgan fingerprint density at radius 2 is 2.17 bits per heavy atom. The van der Waals surface area contributed by atoms with Crippen molar-refractivity contribution in [1.29, 1.82) is 0 Å². The zero-order valence-corrected chi connectivity index (χ0v) is 14.5. The molecule has 6 heteroatoms. The van der Waals surface area contributed by atoms with E-state index in [9.17, 15) is 9.18 Å². The quantitative estimate of drug-likeness (QED) is 0.857. The topological polar surface area (TPSA) is 50.8 Å². The number of carbonyl (C=O) groups is 1. The molecule has 1 amide bonds. The second kappa shape index (κ2) is 6.33. The molecule has 0 aromatic heterocycles. The third-order valence-electron chi connectivity index (χ3n) is 4.50. The van der Waals surface area contributed by atoms with Gasteiger partial charge in [0, 0.05) is 18.7 Å². The number of halogens is 1. The molecular formula is C18H25FN2O3. The summed E-state index contributed by atoms with van der Waals surface area (Å²) in [7, 11) is 0. The van der Waals surface area contributed by atoms with Crippen molar-refractivity contribution < 1.29 is 18.7 Å². The van der Waals surface area contributed by atoms with Crippen LogP contribution in [-0.2, 0) is 9.47 Å². The fraction of sp³-hybridized carbons (Fsp3) is 0.611. The first-order valence-electron chi connectivity index (χ1n) is 8.40. The van der Waals surface area contributed by atoms with Crippen molar-refractivity contribution in [3.05, 3.63) is 35.6 Å². The molecule has 1 aromatic rings. The molecular weight excluding hydrogens is 311 g/mol. The molecule has 2 aliphatic heterocycles. The van der Waals surface area contributed by atoms with Gasteiger partial charge in [-0.1, -0.05) is 18.2 Å². The summed E-state index contributed by atoms with van der Waals surface area (Å²) in [4.78, 5) is 14.0. The summed E-state index contributed by atoms with van der Waals surface area (Å²) in [5.74, 6) is -0.254. The highest BCUT2D eigenvalue weighted by atomic mass is 19.1. The third kappa shape index (κ3) is 3.39. The number of carbonyl (C=O) groups excluding carboxylic acids is 1. The number of nitrogens with one attached hydrogen (secondary N) is 1. The molecule has 2 unspecified atom stereocenters. The summed E-state index contributed by atoms with van der Waals surface area (Å²) < 4.78 is 25.8. The fourth-order valence-electron chi connectivity index (χ4n) is 3.47. The van der Waals surface area contributed by atoms with Crippen LogP contribution in [0.1, 0.15) is 38.8 Å². The van der Waals surface area contributed by atoms with E-state index in [1.807, 2.05) is 26.8 Å². The molecule has 2 heterocycles. The van der Waals surface area contributed by atoms with Gasteiger partial charge in [-0.25, -0.2) is 9.18 Å². The summed E-state index contributed by atoms with van der Waals surface area (Å²) in [6.07, 6.45) is 0.305. The van der Waals surface area contributed by atoms with Gasteiger partial charge >= 0.3 is 6.09 Å². The maximum Gasteiger partial charge on any atom is 0.410 e. The molecule has 1 aromatic carbocycles. The van der Waals surface area contributed by atoms with Crippen LogP contribution in [0.15, 0.2) is 24.3 Å². The molecule has 132 valence electrons. The summed E-state index contributed by atoms with van der Waals surface area (Å²) in [5.41, 5.74) is -0.566. The summed E-state index contributed by atoms with van der Waals surface area (Å²) in [6, 6.07) is 6.46. The Labute approximate surface area is 142 Å². The van der Waals surface area contributed by atoms with Gasteiger partial charge in [0.1, 0.15) is 17.0 Å². The largest absolute Gasteiger partial charge is 0.444 e. The molecule has 2 atom stereocenters. The Bertz CT molecular complexity index is 617. The summed E-state index contributed by atoms with van der Waals surface area (Å²) in [5, 5.41) is 3.37. The van der Waals surface area contributed by atoms with Crippen molar-refractivity contribution in [1.82, 2.24) is 10.2 Å². The highest BCUT2D eigenvalue weighted by Crippen LogP contribution is 2.40. The molecule has 1 N–H and O–H groups in total. The molecule has 2 aliphatic rings. The number of benzene rings is 1. The zero-order valence-electron chi connectivity index (χ0n) is 14.5. The smallest absolute Gasteiger partial charge is 0.410 e. The molecule has 2 fully saturated rings. The normalized spacial score (nSPS) is 27.5. The lowest BCUT2D eigenvalue weighted by atomic mass is 9.86. The third-order valence-corrected chi connectivity index (χ3v) is 4.50. The molecule has 5 nitrogen and oxygen atoms in total. The van der Waals surface area contributed by atoms with Crippen LogP contribution in [0.4, 0.5) is 9.18 Å². The van der Waals surface area contributed by atoms with Gasteiger partial charge < -0.3 is 19.7 Å². The Hall–Kier alpha value is -1.66. The first kappa shape index (κ1) is 17.2. The minimum Gasteiger partial charge on any atom is -0.444 e. The minimum atomic E-state index is -0.614. The number of hydrogen-bond acceptors (Lipinski definition) is 4. The van der Waals surface area contributed by atoms with E-state index < -0.39 is 11.2 Å². The highest BCUT2D eigenvalue weighted by molar-refractivity contribution is 5.68. The number of hydrogen-bond donors (Lipinski definition) is 1. The number of ether oxygens (including phenoxy) is 2. The van der Waals surface area contributed by atoms with Crippen LogP contribution in [-0.4, -0.2) is 48.4 Å². The Morgan fingerprint density at radius 1 is 1.42 bits per heavy atom. The molecule has 0 aliphatic carbocycles. The Morgan fingerprint density at radius 3 is 2.88 bits per heavy atom. The van der Waals surface area contributed by atoms with Gasteiger partial charge in [-0.3, -0.25) is 0 Å². The predicted octanol–water partition coefficient (Wildman–Crippen LogP) is 2.87. The van der Waals surface area contributed by atoms with E-state index >= 15 is 0 Å². The maximum absolute atomic E-state index is 14.3. The van der Waals surface area contributed by atoms with Crippen LogP contribution in [0.25, 0.3) is 0 Å². The second-order valence-corrected chi connectivity index (χ2v) is 7.47. The fourth-order valence-corrected chi connectivity index (χ4v) is 3.47.